The fourth-order valence-electron chi connectivity index (χ4n) is 4.24. The third-order valence-corrected chi connectivity index (χ3v) is 5.68. The van der Waals surface area contributed by atoms with Gasteiger partial charge in [-0.25, -0.2) is 0 Å². The molecule has 0 spiro atoms. The molecule has 1 unspecified atom stereocenters. The van der Waals surface area contributed by atoms with Crippen molar-refractivity contribution in [1.29, 1.82) is 0 Å². The maximum absolute atomic E-state index is 13.4. The van der Waals surface area contributed by atoms with Gasteiger partial charge in [0.25, 0.3) is 11.8 Å². The van der Waals surface area contributed by atoms with Gasteiger partial charge in [-0.15, -0.1) is 0 Å². The maximum atomic E-state index is 13.4. The summed E-state index contributed by atoms with van der Waals surface area (Å²) in [5.41, 5.74) is 3.91. The Bertz CT molecular complexity index is 1110. The number of benzene rings is 3. The summed E-state index contributed by atoms with van der Waals surface area (Å²) in [5.74, 6) is 0.707. The van der Waals surface area contributed by atoms with Crippen LogP contribution in [0.3, 0.4) is 0 Å². The van der Waals surface area contributed by atoms with Crippen LogP contribution in [0.5, 0.6) is 5.75 Å². The zero-order chi connectivity index (χ0) is 20.0. The quantitative estimate of drug-likeness (QED) is 0.682. The third kappa shape index (κ3) is 2.70. The molecule has 2 aliphatic heterocycles. The molecule has 144 valence electrons. The molecular weight excluding hydrogens is 364 g/mol. The Morgan fingerprint density at radius 2 is 1.52 bits per heavy atom. The van der Waals surface area contributed by atoms with E-state index in [-0.39, 0.29) is 11.8 Å². The minimum atomic E-state index is -0.403. The molecule has 0 aromatic heterocycles. The van der Waals surface area contributed by atoms with Gasteiger partial charge in [0.2, 0.25) is 0 Å². The predicted molar refractivity (Wildman–Crippen MR) is 110 cm³/mol. The van der Waals surface area contributed by atoms with Gasteiger partial charge in [-0.3, -0.25) is 14.5 Å². The molecule has 5 rings (SSSR count). The number of anilines is 1. The first kappa shape index (κ1) is 17.5. The Morgan fingerprint density at radius 3 is 2.28 bits per heavy atom. The minimum absolute atomic E-state index is 0.0418. The number of methoxy groups -OCH3 is 1. The summed E-state index contributed by atoms with van der Waals surface area (Å²) in [6, 6.07) is 22.8. The maximum Gasteiger partial charge on any atom is 0.260 e. The zero-order valence-electron chi connectivity index (χ0n) is 16.0. The highest BCUT2D eigenvalue weighted by atomic mass is 16.5. The first-order valence-electron chi connectivity index (χ1n) is 9.64. The minimum Gasteiger partial charge on any atom is -0.497 e. The van der Waals surface area contributed by atoms with E-state index >= 15 is 0 Å². The SMILES string of the molecule is COc1ccc(CCN2C(=O)c3ccccc3N3C(=O)c4ccccc4C23)cc1. The second kappa shape index (κ2) is 6.78. The molecular formula is C24H20N2O3. The molecule has 0 fully saturated rings. The summed E-state index contributed by atoms with van der Waals surface area (Å²) in [6.45, 7) is 0.516. The fraction of sp³-hybridized carbons (Fsp3) is 0.167. The Kier molecular flexibility index (Phi) is 4.09. The molecule has 1 atom stereocenters. The first-order chi connectivity index (χ1) is 14.2. The Balaban J connectivity index is 1.53. The summed E-state index contributed by atoms with van der Waals surface area (Å²) in [4.78, 5) is 30.1. The summed E-state index contributed by atoms with van der Waals surface area (Å²) >= 11 is 0. The number of carbonyl (C=O) groups is 2. The van der Waals surface area contributed by atoms with Crippen molar-refractivity contribution in [3.8, 4) is 5.75 Å². The highest BCUT2D eigenvalue weighted by molar-refractivity contribution is 6.16. The van der Waals surface area contributed by atoms with Gasteiger partial charge < -0.3 is 9.64 Å². The molecule has 0 bridgehead atoms. The smallest absolute Gasteiger partial charge is 0.260 e. The van der Waals surface area contributed by atoms with Crippen LogP contribution in [0.15, 0.2) is 72.8 Å². The van der Waals surface area contributed by atoms with Gasteiger partial charge in [-0.05, 0) is 42.3 Å². The standard InChI is InChI=1S/C24H20N2O3/c1-29-17-12-10-16(11-13-17)14-15-25-22-18-6-2-3-7-19(18)24(28)26(22)21-9-5-4-8-20(21)23(25)27/h2-13,22H,14-15H2,1H3. The van der Waals surface area contributed by atoms with Gasteiger partial charge in [0.15, 0.2) is 0 Å². The topological polar surface area (TPSA) is 49.9 Å². The van der Waals surface area contributed by atoms with Crippen LogP contribution in [0.1, 0.15) is 38.0 Å². The summed E-state index contributed by atoms with van der Waals surface area (Å²) in [5, 5.41) is 0. The van der Waals surface area contributed by atoms with E-state index < -0.39 is 6.17 Å². The van der Waals surface area contributed by atoms with Crippen molar-refractivity contribution in [3.05, 3.63) is 95.1 Å². The lowest BCUT2D eigenvalue weighted by atomic mass is 10.0. The number of para-hydroxylation sites is 1. The van der Waals surface area contributed by atoms with E-state index in [0.717, 1.165) is 16.9 Å². The van der Waals surface area contributed by atoms with E-state index in [0.29, 0.717) is 29.8 Å². The molecule has 29 heavy (non-hydrogen) atoms. The Morgan fingerprint density at radius 1 is 0.828 bits per heavy atom. The normalized spacial score (nSPS) is 17.1. The average Bonchev–Trinajstić information content (AvgIpc) is 3.07. The lowest BCUT2D eigenvalue weighted by Gasteiger charge is -2.41. The van der Waals surface area contributed by atoms with Crippen LogP contribution >= 0.6 is 0 Å². The van der Waals surface area contributed by atoms with Crippen LogP contribution in [-0.4, -0.2) is 30.4 Å². The number of hydrogen-bond donors (Lipinski definition) is 0. The molecule has 3 aromatic carbocycles. The van der Waals surface area contributed by atoms with E-state index in [1.165, 1.54) is 0 Å². The molecule has 0 saturated heterocycles. The molecule has 0 radical (unpaired) electrons. The average molecular weight is 384 g/mol. The number of hydrogen-bond acceptors (Lipinski definition) is 3. The van der Waals surface area contributed by atoms with Crippen molar-refractivity contribution in [1.82, 2.24) is 4.90 Å². The zero-order valence-corrected chi connectivity index (χ0v) is 16.0. The summed E-state index contributed by atoms with van der Waals surface area (Å²) < 4.78 is 5.22. The highest BCUT2D eigenvalue weighted by Gasteiger charge is 2.47. The molecule has 0 saturated carbocycles. The van der Waals surface area contributed by atoms with E-state index in [9.17, 15) is 9.59 Å². The van der Waals surface area contributed by atoms with Gasteiger partial charge in [0, 0.05) is 17.7 Å². The van der Waals surface area contributed by atoms with Crippen LogP contribution in [0.25, 0.3) is 0 Å². The second-order valence-corrected chi connectivity index (χ2v) is 7.25. The van der Waals surface area contributed by atoms with E-state index in [1.807, 2.05) is 71.6 Å². The molecule has 0 N–H and O–H groups in total. The molecule has 2 heterocycles. The molecule has 5 nitrogen and oxygen atoms in total. The van der Waals surface area contributed by atoms with E-state index in [1.54, 1.807) is 18.1 Å². The molecule has 0 aliphatic carbocycles. The van der Waals surface area contributed by atoms with Crippen molar-refractivity contribution in [2.24, 2.45) is 0 Å². The fourth-order valence-corrected chi connectivity index (χ4v) is 4.24. The van der Waals surface area contributed by atoms with Crippen molar-refractivity contribution in [2.75, 3.05) is 18.6 Å². The van der Waals surface area contributed by atoms with E-state index in [2.05, 4.69) is 0 Å². The van der Waals surface area contributed by atoms with Crippen molar-refractivity contribution in [3.63, 3.8) is 0 Å². The number of rotatable bonds is 4. The van der Waals surface area contributed by atoms with Crippen molar-refractivity contribution >= 4 is 17.5 Å². The number of carbonyl (C=O) groups excluding carboxylic acids is 2. The number of nitrogens with zero attached hydrogens (tertiary/aromatic N) is 2. The molecule has 5 heteroatoms. The van der Waals surface area contributed by atoms with Crippen molar-refractivity contribution in [2.45, 2.75) is 12.6 Å². The van der Waals surface area contributed by atoms with Crippen LogP contribution in [-0.2, 0) is 6.42 Å². The number of amides is 2. The third-order valence-electron chi connectivity index (χ3n) is 5.68. The van der Waals surface area contributed by atoms with E-state index in [4.69, 9.17) is 4.74 Å². The van der Waals surface area contributed by atoms with Crippen LogP contribution in [0.4, 0.5) is 5.69 Å². The second-order valence-electron chi connectivity index (χ2n) is 7.25. The number of fused-ring (bicyclic) bond motifs is 5. The number of ether oxygens (including phenoxy) is 1. The van der Waals surface area contributed by atoms with Gasteiger partial charge in [-0.1, -0.05) is 42.5 Å². The van der Waals surface area contributed by atoms with Crippen LogP contribution < -0.4 is 9.64 Å². The summed E-state index contributed by atoms with van der Waals surface area (Å²) in [7, 11) is 1.64. The monoisotopic (exact) mass is 384 g/mol. The van der Waals surface area contributed by atoms with Crippen molar-refractivity contribution < 1.29 is 14.3 Å². The van der Waals surface area contributed by atoms with Gasteiger partial charge in [-0.2, -0.15) is 0 Å². The van der Waals surface area contributed by atoms with Crippen LogP contribution in [0, 0.1) is 0 Å². The van der Waals surface area contributed by atoms with Gasteiger partial charge in [0.1, 0.15) is 11.9 Å². The Hall–Kier alpha value is -3.60. The lowest BCUT2D eigenvalue weighted by Crippen LogP contribution is -2.48. The Labute approximate surface area is 169 Å². The molecule has 3 aromatic rings. The lowest BCUT2D eigenvalue weighted by molar-refractivity contribution is 0.0650. The molecule has 2 amide bonds. The van der Waals surface area contributed by atoms with Gasteiger partial charge >= 0.3 is 0 Å². The predicted octanol–water partition coefficient (Wildman–Crippen LogP) is 4.05. The summed E-state index contributed by atoms with van der Waals surface area (Å²) in [6.07, 6.45) is 0.290. The van der Waals surface area contributed by atoms with Gasteiger partial charge in [0.05, 0.1) is 18.4 Å². The first-order valence-corrected chi connectivity index (χ1v) is 9.64. The molecule has 2 aliphatic rings. The highest BCUT2D eigenvalue weighted by Crippen LogP contribution is 2.45. The van der Waals surface area contributed by atoms with Crippen LogP contribution in [0.2, 0.25) is 0 Å². The largest absolute Gasteiger partial charge is 0.497 e.